The molecule has 1 fully saturated rings. The molecule has 2 N–H and O–H groups in total. The number of hydrogen-bond acceptors (Lipinski definition) is 4. The van der Waals surface area contributed by atoms with Crippen LogP contribution in [0.4, 0.5) is 0 Å². The molecule has 0 saturated carbocycles. The van der Waals surface area contributed by atoms with Gasteiger partial charge in [-0.1, -0.05) is 48.0 Å². The number of carbonyl (C=O) groups excluding carboxylic acids is 2. The average molecular weight is 486 g/mol. The van der Waals surface area contributed by atoms with Gasteiger partial charge in [-0.15, -0.1) is 0 Å². The first-order chi connectivity index (χ1) is 16.2. The lowest BCUT2D eigenvalue weighted by Gasteiger charge is -2.31. The minimum atomic E-state index is -3.57. The van der Waals surface area contributed by atoms with Crippen LogP contribution in [0.25, 0.3) is 0 Å². The second-order valence-corrected chi connectivity index (χ2v) is 11.1. The number of benzene rings is 2. The van der Waals surface area contributed by atoms with Crippen LogP contribution >= 0.6 is 0 Å². The van der Waals surface area contributed by atoms with Crippen LogP contribution in [-0.2, 0) is 26.0 Å². The van der Waals surface area contributed by atoms with Crippen molar-refractivity contribution in [3.8, 4) is 0 Å². The van der Waals surface area contributed by atoms with Gasteiger partial charge in [0.1, 0.15) is 6.04 Å². The lowest BCUT2D eigenvalue weighted by atomic mass is 9.97. The number of rotatable bonds is 9. The smallest absolute Gasteiger partial charge is 0.243 e. The number of aryl methyl sites for hydroxylation is 2. The standard InChI is InChI=1S/C26H35N3O4S/c1-19-9-13-24(14-10-19)34(32,33)29-17-15-23(16-18-29)26(31)28-21(3)25(30)27-20(2)11-12-22-7-5-4-6-8-22/h4-10,13-14,20-21,23H,11-12,15-18H2,1-3H3,(H,27,30)(H,28,31)/t20-,21-/m1/s1. The molecule has 8 heteroatoms. The van der Waals surface area contributed by atoms with Gasteiger partial charge < -0.3 is 10.6 Å². The molecule has 0 aliphatic carbocycles. The van der Waals surface area contributed by atoms with Crippen molar-refractivity contribution in [2.75, 3.05) is 13.1 Å². The molecular formula is C26H35N3O4S. The molecule has 34 heavy (non-hydrogen) atoms. The summed E-state index contributed by atoms with van der Waals surface area (Å²) < 4.78 is 27.2. The minimum Gasteiger partial charge on any atom is -0.352 e. The Morgan fingerprint density at radius 1 is 0.971 bits per heavy atom. The normalized spacial score (nSPS) is 17.0. The Labute approximate surface area is 203 Å². The molecule has 1 aliphatic rings. The van der Waals surface area contributed by atoms with E-state index in [9.17, 15) is 18.0 Å². The molecule has 0 unspecified atom stereocenters. The van der Waals surface area contributed by atoms with Crippen LogP contribution in [0.2, 0.25) is 0 Å². The van der Waals surface area contributed by atoms with E-state index >= 15 is 0 Å². The second kappa shape index (κ2) is 11.6. The Morgan fingerprint density at radius 3 is 2.21 bits per heavy atom. The van der Waals surface area contributed by atoms with Gasteiger partial charge in [0.2, 0.25) is 21.8 Å². The second-order valence-electron chi connectivity index (χ2n) is 9.16. The first-order valence-corrected chi connectivity index (χ1v) is 13.3. The number of sulfonamides is 1. The molecule has 2 aromatic rings. The number of carbonyl (C=O) groups is 2. The summed E-state index contributed by atoms with van der Waals surface area (Å²) in [5, 5.41) is 5.77. The van der Waals surface area contributed by atoms with E-state index in [2.05, 4.69) is 22.8 Å². The monoisotopic (exact) mass is 485 g/mol. The molecule has 3 rings (SSSR count). The van der Waals surface area contributed by atoms with Crippen LogP contribution in [0.1, 0.15) is 44.2 Å². The van der Waals surface area contributed by atoms with Crippen molar-refractivity contribution in [1.82, 2.24) is 14.9 Å². The predicted octanol–water partition coefficient (Wildman–Crippen LogP) is 3.04. The molecule has 2 atom stereocenters. The number of nitrogens with one attached hydrogen (secondary N) is 2. The highest BCUT2D eigenvalue weighted by Gasteiger charge is 2.33. The quantitative estimate of drug-likeness (QED) is 0.571. The van der Waals surface area contributed by atoms with E-state index in [0.29, 0.717) is 12.8 Å². The molecule has 7 nitrogen and oxygen atoms in total. The third-order valence-electron chi connectivity index (χ3n) is 6.33. The first-order valence-electron chi connectivity index (χ1n) is 11.9. The van der Waals surface area contributed by atoms with Crippen LogP contribution < -0.4 is 10.6 Å². The van der Waals surface area contributed by atoms with Crippen molar-refractivity contribution in [3.63, 3.8) is 0 Å². The summed E-state index contributed by atoms with van der Waals surface area (Å²) in [6.07, 6.45) is 2.54. The Morgan fingerprint density at radius 2 is 1.59 bits per heavy atom. The molecule has 0 bridgehead atoms. The highest BCUT2D eigenvalue weighted by atomic mass is 32.2. The van der Waals surface area contributed by atoms with Gasteiger partial charge in [0.15, 0.2) is 0 Å². The summed E-state index contributed by atoms with van der Waals surface area (Å²) in [5.41, 5.74) is 2.22. The topological polar surface area (TPSA) is 95.6 Å². The van der Waals surface area contributed by atoms with E-state index in [0.717, 1.165) is 18.4 Å². The number of hydrogen-bond donors (Lipinski definition) is 2. The van der Waals surface area contributed by atoms with Crippen molar-refractivity contribution >= 4 is 21.8 Å². The maximum atomic E-state index is 12.9. The van der Waals surface area contributed by atoms with Gasteiger partial charge in [-0.2, -0.15) is 4.31 Å². The maximum absolute atomic E-state index is 12.9. The summed E-state index contributed by atoms with van der Waals surface area (Å²) in [6, 6.07) is 16.2. The Balaban J connectivity index is 1.44. The Bertz CT molecular complexity index is 1060. The van der Waals surface area contributed by atoms with Gasteiger partial charge in [0.25, 0.3) is 0 Å². The maximum Gasteiger partial charge on any atom is 0.243 e. The van der Waals surface area contributed by atoms with Gasteiger partial charge in [-0.3, -0.25) is 9.59 Å². The molecule has 0 spiro atoms. The third kappa shape index (κ3) is 6.90. The number of amides is 2. The zero-order valence-corrected chi connectivity index (χ0v) is 21.0. The van der Waals surface area contributed by atoms with Gasteiger partial charge >= 0.3 is 0 Å². The van der Waals surface area contributed by atoms with Crippen molar-refractivity contribution in [2.24, 2.45) is 5.92 Å². The van der Waals surface area contributed by atoms with Gasteiger partial charge in [-0.25, -0.2) is 8.42 Å². The van der Waals surface area contributed by atoms with E-state index in [1.807, 2.05) is 32.0 Å². The first kappa shape index (κ1) is 25.9. The fourth-order valence-corrected chi connectivity index (χ4v) is 5.55. The van der Waals surface area contributed by atoms with Gasteiger partial charge in [-0.05, 0) is 64.2 Å². The molecule has 2 aromatic carbocycles. The van der Waals surface area contributed by atoms with E-state index in [1.54, 1.807) is 31.2 Å². The third-order valence-corrected chi connectivity index (χ3v) is 8.25. The molecular weight excluding hydrogens is 450 g/mol. The van der Waals surface area contributed by atoms with Gasteiger partial charge in [0.05, 0.1) is 4.90 Å². The van der Waals surface area contributed by atoms with Crippen LogP contribution in [0.15, 0.2) is 59.5 Å². The zero-order valence-electron chi connectivity index (χ0n) is 20.2. The number of piperidine rings is 1. The lowest BCUT2D eigenvalue weighted by molar-refractivity contribution is -0.131. The Hall–Kier alpha value is -2.71. The fourth-order valence-electron chi connectivity index (χ4n) is 4.08. The summed E-state index contributed by atoms with van der Waals surface area (Å²) in [5.74, 6) is -0.726. The predicted molar refractivity (Wildman–Crippen MR) is 133 cm³/mol. The highest BCUT2D eigenvalue weighted by Crippen LogP contribution is 2.24. The van der Waals surface area contributed by atoms with Crippen LogP contribution in [0, 0.1) is 12.8 Å². The Kier molecular flexibility index (Phi) is 8.85. The molecule has 0 aromatic heterocycles. The molecule has 184 valence electrons. The summed E-state index contributed by atoms with van der Waals surface area (Å²) >= 11 is 0. The van der Waals surface area contributed by atoms with Crippen molar-refractivity contribution < 1.29 is 18.0 Å². The molecule has 2 amide bonds. The van der Waals surface area contributed by atoms with E-state index in [1.165, 1.54) is 9.87 Å². The highest BCUT2D eigenvalue weighted by molar-refractivity contribution is 7.89. The van der Waals surface area contributed by atoms with E-state index in [-0.39, 0.29) is 41.8 Å². The van der Waals surface area contributed by atoms with Crippen molar-refractivity contribution in [3.05, 3.63) is 65.7 Å². The molecule has 1 saturated heterocycles. The van der Waals surface area contributed by atoms with Crippen LogP contribution in [0.5, 0.6) is 0 Å². The molecule has 0 radical (unpaired) electrons. The lowest BCUT2D eigenvalue weighted by Crippen LogP contribution is -2.50. The van der Waals surface area contributed by atoms with Crippen molar-refractivity contribution in [1.29, 1.82) is 0 Å². The fraction of sp³-hybridized carbons (Fsp3) is 0.462. The van der Waals surface area contributed by atoms with Crippen LogP contribution in [0.3, 0.4) is 0 Å². The van der Waals surface area contributed by atoms with E-state index in [4.69, 9.17) is 0 Å². The largest absolute Gasteiger partial charge is 0.352 e. The van der Waals surface area contributed by atoms with E-state index < -0.39 is 16.1 Å². The van der Waals surface area contributed by atoms with Gasteiger partial charge in [0, 0.05) is 25.0 Å². The average Bonchev–Trinajstić information content (AvgIpc) is 2.83. The number of nitrogens with zero attached hydrogens (tertiary/aromatic N) is 1. The molecule has 1 aliphatic heterocycles. The SMILES string of the molecule is Cc1ccc(S(=O)(=O)N2CCC(C(=O)N[C@H](C)C(=O)N[C@H](C)CCc3ccccc3)CC2)cc1. The van der Waals surface area contributed by atoms with Crippen molar-refractivity contribution in [2.45, 2.75) is 63.4 Å². The zero-order chi connectivity index (χ0) is 24.7. The summed E-state index contributed by atoms with van der Waals surface area (Å²) in [6.45, 7) is 6.11. The summed E-state index contributed by atoms with van der Waals surface area (Å²) in [4.78, 5) is 25.5. The molecule has 1 heterocycles. The minimum absolute atomic E-state index is 0.0118. The van der Waals surface area contributed by atoms with Crippen LogP contribution in [-0.4, -0.2) is 49.7 Å². The summed E-state index contributed by atoms with van der Waals surface area (Å²) in [7, 11) is -3.57.